The van der Waals surface area contributed by atoms with Gasteiger partial charge in [-0.05, 0) is 29.7 Å². The molecule has 1 aromatic carbocycles. The standard InChI is InChI=1S/C16H20N4S/c1-16(2)9-12-13(21-15(19-12)20-14(17)18)8-11(16)10-6-4-3-5-7-10/h3-7,11H,8-9H2,1-2H3,(H4,17,18,19,20)/t11-/m1/s1. The first kappa shape index (κ1) is 14.1. The molecule has 0 aliphatic heterocycles. The van der Waals surface area contributed by atoms with Crippen LogP contribution in [0.5, 0.6) is 0 Å². The number of anilines is 1. The van der Waals surface area contributed by atoms with Crippen molar-refractivity contribution in [1.29, 1.82) is 5.41 Å². The van der Waals surface area contributed by atoms with Crippen LogP contribution in [0.15, 0.2) is 30.3 Å². The summed E-state index contributed by atoms with van der Waals surface area (Å²) in [4.78, 5) is 5.91. The minimum Gasteiger partial charge on any atom is -0.370 e. The van der Waals surface area contributed by atoms with E-state index in [-0.39, 0.29) is 11.4 Å². The van der Waals surface area contributed by atoms with Gasteiger partial charge in [-0.1, -0.05) is 44.2 Å². The van der Waals surface area contributed by atoms with Crippen molar-refractivity contribution >= 4 is 22.4 Å². The molecule has 5 heteroatoms. The normalized spacial score (nSPS) is 19.8. The molecule has 0 saturated carbocycles. The first-order chi connectivity index (χ1) is 9.95. The summed E-state index contributed by atoms with van der Waals surface area (Å²) in [6.07, 6.45) is 1.96. The van der Waals surface area contributed by atoms with Crippen LogP contribution in [0.25, 0.3) is 0 Å². The van der Waals surface area contributed by atoms with Gasteiger partial charge in [0.25, 0.3) is 0 Å². The van der Waals surface area contributed by atoms with Crippen LogP contribution >= 0.6 is 11.3 Å². The molecule has 110 valence electrons. The minimum atomic E-state index is -0.0556. The van der Waals surface area contributed by atoms with E-state index < -0.39 is 0 Å². The van der Waals surface area contributed by atoms with Crippen molar-refractivity contribution in [2.24, 2.45) is 11.1 Å². The second kappa shape index (κ2) is 5.15. The number of rotatable bonds is 2. The number of aromatic nitrogens is 1. The molecule has 0 saturated heterocycles. The fourth-order valence-corrected chi connectivity index (χ4v) is 4.16. The maximum Gasteiger partial charge on any atom is 0.192 e. The quantitative estimate of drug-likeness (QED) is 0.588. The molecule has 1 aliphatic carbocycles. The van der Waals surface area contributed by atoms with E-state index in [9.17, 15) is 0 Å². The van der Waals surface area contributed by atoms with Crippen LogP contribution in [-0.4, -0.2) is 10.9 Å². The number of guanidine groups is 1. The van der Waals surface area contributed by atoms with Crippen LogP contribution in [0.3, 0.4) is 0 Å². The van der Waals surface area contributed by atoms with Crippen LogP contribution in [0, 0.1) is 10.8 Å². The van der Waals surface area contributed by atoms with Crippen molar-refractivity contribution in [3.8, 4) is 0 Å². The van der Waals surface area contributed by atoms with E-state index in [1.54, 1.807) is 11.3 Å². The van der Waals surface area contributed by atoms with E-state index in [1.165, 1.54) is 10.4 Å². The Hall–Kier alpha value is -1.88. The van der Waals surface area contributed by atoms with Gasteiger partial charge in [-0.2, -0.15) is 0 Å². The number of nitrogens with zero attached hydrogens (tertiary/aromatic N) is 1. The van der Waals surface area contributed by atoms with E-state index in [0.717, 1.165) is 23.7 Å². The van der Waals surface area contributed by atoms with Crippen molar-refractivity contribution in [2.75, 3.05) is 5.32 Å². The summed E-state index contributed by atoms with van der Waals surface area (Å²) in [5.74, 6) is 0.441. The van der Waals surface area contributed by atoms with Gasteiger partial charge in [0.2, 0.25) is 0 Å². The van der Waals surface area contributed by atoms with E-state index in [0.29, 0.717) is 5.92 Å². The highest BCUT2D eigenvalue weighted by Gasteiger charge is 2.37. The second-order valence-corrected chi connectivity index (χ2v) is 7.34. The Bertz CT molecular complexity index is 660. The molecule has 0 radical (unpaired) electrons. The Labute approximate surface area is 128 Å². The van der Waals surface area contributed by atoms with Gasteiger partial charge in [0.05, 0.1) is 5.69 Å². The Kier molecular flexibility index (Phi) is 3.45. The fourth-order valence-electron chi connectivity index (χ4n) is 3.12. The predicted octanol–water partition coefficient (Wildman–Crippen LogP) is 3.36. The molecule has 1 aromatic heterocycles. The lowest BCUT2D eigenvalue weighted by Crippen LogP contribution is -2.31. The summed E-state index contributed by atoms with van der Waals surface area (Å²) < 4.78 is 0. The number of hydrogen-bond donors (Lipinski definition) is 3. The molecule has 1 atom stereocenters. The molecular weight excluding hydrogens is 280 g/mol. The topological polar surface area (TPSA) is 74.8 Å². The Morgan fingerprint density at radius 1 is 1.38 bits per heavy atom. The third-order valence-corrected chi connectivity index (χ3v) is 5.21. The van der Waals surface area contributed by atoms with Gasteiger partial charge in [-0.25, -0.2) is 4.98 Å². The third kappa shape index (κ3) is 2.78. The summed E-state index contributed by atoms with van der Waals surface area (Å²) in [5, 5.41) is 10.9. The molecule has 1 aliphatic rings. The van der Waals surface area contributed by atoms with Crippen LogP contribution in [-0.2, 0) is 12.8 Å². The highest BCUT2D eigenvalue weighted by molar-refractivity contribution is 7.15. The lowest BCUT2D eigenvalue weighted by atomic mass is 9.67. The first-order valence-corrected chi connectivity index (χ1v) is 7.92. The molecule has 0 fully saturated rings. The molecule has 21 heavy (non-hydrogen) atoms. The summed E-state index contributed by atoms with van der Waals surface area (Å²) in [6, 6.07) is 10.7. The molecular formula is C16H20N4S. The lowest BCUT2D eigenvalue weighted by Gasteiger charge is -2.38. The van der Waals surface area contributed by atoms with Gasteiger partial charge >= 0.3 is 0 Å². The van der Waals surface area contributed by atoms with E-state index in [1.807, 2.05) is 0 Å². The minimum absolute atomic E-state index is 0.0556. The average Bonchev–Trinajstić information content (AvgIpc) is 2.77. The molecule has 0 unspecified atom stereocenters. The molecule has 4 N–H and O–H groups in total. The molecule has 1 heterocycles. The van der Waals surface area contributed by atoms with Crippen LogP contribution in [0.1, 0.15) is 35.9 Å². The van der Waals surface area contributed by atoms with E-state index in [2.05, 4.69) is 54.5 Å². The molecule has 0 amide bonds. The Morgan fingerprint density at radius 2 is 2.10 bits per heavy atom. The molecule has 2 aromatic rings. The number of nitrogens with two attached hydrogens (primary N) is 1. The lowest BCUT2D eigenvalue weighted by molar-refractivity contribution is 0.262. The van der Waals surface area contributed by atoms with Crippen molar-refractivity contribution in [3.63, 3.8) is 0 Å². The number of nitrogens with one attached hydrogen (secondary N) is 2. The first-order valence-electron chi connectivity index (χ1n) is 7.10. The summed E-state index contributed by atoms with van der Waals surface area (Å²) in [6.45, 7) is 4.62. The SMILES string of the molecule is CC1(C)Cc2nc(NC(=N)N)sc2C[C@@H]1c1ccccc1. The molecule has 0 bridgehead atoms. The van der Waals surface area contributed by atoms with Gasteiger partial charge in [0, 0.05) is 4.88 Å². The Morgan fingerprint density at radius 3 is 2.76 bits per heavy atom. The van der Waals surface area contributed by atoms with Crippen LogP contribution < -0.4 is 11.1 Å². The Balaban J connectivity index is 1.93. The van der Waals surface area contributed by atoms with Gasteiger partial charge in [0.15, 0.2) is 11.1 Å². The van der Waals surface area contributed by atoms with Gasteiger partial charge in [-0.3, -0.25) is 5.41 Å². The maximum atomic E-state index is 7.33. The average molecular weight is 300 g/mol. The molecule has 0 spiro atoms. The van der Waals surface area contributed by atoms with Gasteiger partial charge in [-0.15, -0.1) is 11.3 Å². The largest absolute Gasteiger partial charge is 0.370 e. The van der Waals surface area contributed by atoms with Crippen molar-refractivity contribution in [2.45, 2.75) is 32.6 Å². The number of hydrogen-bond acceptors (Lipinski definition) is 3. The predicted molar refractivity (Wildman–Crippen MR) is 88.0 cm³/mol. The van der Waals surface area contributed by atoms with Crippen LogP contribution in [0.2, 0.25) is 0 Å². The summed E-state index contributed by atoms with van der Waals surface area (Å²) in [7, 11) is 0. The smallest absolute Gasteiger partial charge is 0.192 e. The number of fused-ring (bicyclic) bond motifs is 1. The summed E-state index contributed by atoms with van der Waals surface area (Å²) in [5.41, 5.74) is 8.11. The third-order valence-electron chi connectivity index (χ3n) is 4.18. The zero-order valence-electron chi connectivity index (χ0n) is 12.3. The fraction of sp³-hybridized carbons (Fsp3) is 0.375. The monoisotopic (exact) mass is 300 g/mol. The van der Waals surface area contributed by atoms with Crippen LogP contribution in [0.4, 0.5) is 5.13 Å². The van der Waals surface area contributed by atoms with E-state index >= 15 is 0 Å². The van der Waals surface area contributed by atoms with Crippen molar-refractivity contribution in [3.05, 3.63) is 46.5 Å². The number of thiazole rings is 1. The zero-order valence-corrected chi connectivity index (χ0v) is 13.1. The molecule has 4 nitrogen and oxygen atoms in total. The number of benzene rings is 1. The van der Waals surface area contributed by atoms with Gasteiger partial charge < -0.3 is 11.1 Å². The van der Waals surface area contributed by atoms with E-state index in [4.69, 9.17) is 11.1 Å². The zero-order chi connectivity index (χ0) is 15.0. The van der Waals surface area contributed by atoms with Gasteiger partial charge in [0.1, 0.15) is 0 Å². The highest BCUT2D eigenvalue weighted by Crippen LogP contribution is 2.47. The highest BCUT2D eigenvalue weighted by atomic mass is 32.1. The summed E-state index contributed by atoms with van der Waals surface area (Å²) >= 11 is 1.62. The second-order valence-electron chi connectivity index (χ2n) is 6.26. The van der Waals surface area contributed by atoms with Crippen molar-refractivity contribution in [1.82, 2.24) is 4.98 Å². The van der Waals surface area contributed by atoms with Crippen molar-refractivity contribution < 1.29 is 0 Å². The maximum absolute atomic E-state index is 7.33. The molecule has 3 rings (SSSR count).